The molecule has 6 nitrogen and oxygen atoms in total. The molecule has 0 saturated carbocycles. The zero-order valence-corrected chi connectivity index (χ0v) is 16.3. The highest BCUT2D eigenvalue weighted by Gasteiger charge is 2.27. The molecule has 1 heterocycles. The number of hydrogen-bond acceptors (Lipinski definition) is 6. The largest absolute Gasteiger partial charge is 0.491 e. The number of carbonyl (C=O) groups excluding carboxylic acids is 2. The maximum Gasteiger partial charge on any atom is 0.341 e. The molecule has 1 N–H and O–H groups in total. The molecule has 1 aliphatic carbocycles. The molecule has 0 radical (unpaired) electrons. The number of methoxy groups -OCH3 is 2. The fourth-order valence-electron chi connectivity index (χ4n) is 3.09. The molecule has 3 rings (SSSR count). The Morgan fingerprint density at radius 3 is 2.52 bits per heavy atom. The van der Waals surface area contributed by atoms with E-state index in [0.29, 0.717) is 35.1 Å². The summed E-state index contributed by atoms with van der Waals surface area (Å²) in [5.74, 6) is 0.0132. The molecule has 0 spiro atoms. The zero-order valence-electron chi connectivity index (χ0n) is 15.5. The molecule has 1 aliphatic rings. The van der Waals surface area contributed by atoms with Crippen LogP contribution in [0.25, 0.3) is 0 Å². The minimum Gasteiger partial charge on any atom is -0.491 e. The van der Waals surface area contributed by atoms with Crippen LogP contribution in [-0.4, -0.2) is 39.3 Å². The van der Waals surface area contributed by atoms with E-state index in [-0.39, 0.29) is 5.91 Å². The molecule has 0 atom stereocenters. The molecular weight excluding hydrogens is 366 g/mol. The van der Waals surface area contributed by atoms with Crippen molar-refractivity contribution in [1.29, 1.82) is 0 Å². The summed E-state index contributed by atoms with van der Waals surface area (Å²) < 4.78 is 15.4. The Morgan fingerprint density at radius 2 is 1.81 bits per heavy atom. The van der Waals surface area contributed by atoms with Gasteiger partial charge in [-0.3, -0.25) is 4.79 Å². The van der Waals surface area contributed by atoms with Gasteiger partial charge in [0.05, 0.1) is 19.3 Å². The van der Waals surface area contributed by atoms with Gasteiger partial charge in [-0.25, -0.2) is 4.79 Å². The highest BCUT2D eigenvalue weighted by atomic mass is 32.1. The van der Waals surface area contributed by atoms with E-state index in [1.54, 1.807) is 31.4 Å². The van der Waals surface area contributed by atoms with Crippen LogP contribution in [0.4, 0.5) is 5.00 Å². The third-order valence-electron chi connectivity index (χ3n) is 4.46. The van der Waals surface area contributed by atoms with Crippen LogP contribution < -0.4 is 10.1 Å². The molecule has 0 aliphatic heterocycles. The number of anilines is 1. The zero-order chi connectivity index (χ0) is 19.2. The van der Waals surface area contributed by atoms with Crippen LogP contribution in [0.15, 0.2) is 24.3 Å². The van der Waals surface area contributed by atoms with E-state index in [0.717, 1.165) is 31.2 Å². The summed E-state index contributed by atoms with van der Waals surface area (Å²) in [6.07, 6.45) is 3.94. The second kappa shape index (κ2) is 9.01. The standard InChI is InChI=1S/C20H23NO5S/c1-24-11-12-26-14-9-7-13(8-10-14)18(22)21-19-17(20(23)25-2)15-5-3-4-6-16(15)27-19/h7-10H,3-6,11-12H2,1-2H3,(H,21,22). The Morgan fingerprint density at radius 1 is 1.07 bits per heavy atom. The van der Waals surface area contributed by atoms with Gasteiger partial charge in [-0.2, -0.15) is 0 Å². The summed E-state index contributed by atoms with van der Waals surface area (Å²) in [6.45, 7) is 0.951. The van der Waals surface area contributed by atoms with Crippen molar-refractivity contribution in [2.24, 2.45) is 0 Å². The summed E-state index contributed by atoms with van der Waals surface area (Å²) in [5, 5.41) is 3.46. The van der Waals surface area contributed by atoms with Crippen molar-refractivity contribution < 1.29 is 23.8 Å². The highest BCUT2D eigenvalue weighted by Crippen LogP contribution is 2.38. The number of amides is 1. The minimum absolute atomic E-state index is 0.262. The van der Waals surface area contributed by atoms with Gasteiger partial charge in [0.25, 0.3) is 5.91 Å². The topological polar surface area (TPSA) is 73.9 Å². The Labute approximate surface area is 162 Å². The van der Waals surface area contributed by atoms with Crippen LogP contribution in [0.3, 0.4) is 0 Å². The Hall–Kier alpha value is -2.38. The number of thiophene rings is 1. The van der Waals surface area contributed by atoms with Crippen molar-refractivity contribution in [1.82, 2.24) is 0 Å². The van der Waals surface area contributed by atoms with E-state index in [9.17, 15) is 9.59 Å². The number of fused-ring (bicyclic) bond motifs is 1. The fraction of sp³-hybridized carbons (Fsp3) is 0.400. The molecule has 1 aromatic carbocycles. The average Bonchev–Trinajstić information content (AvgIpc) is 3.06. The van der Waals surface area contributed by atoms with Crippen LogP contribution in [0.2, 0.25) is 0 Å². The minimum atomic E-state index is -0.397. The number of nitrogens with one attached hydrogen (secondary N) is 1. The predicted octanol–water partition coefficient (Wildman–Crippen LogP) is 3.69. The number of ether oxygens (including phenoxy) is 3. The van der Waals surface area contributed by atoms with Gasteiger partial charge in [-0.1, -0.05) is 0 Å². The lowest BCUT2D eigenvalue weighted by Crippen LogP contribution is -2.15. The highest BCUT2D eigenvalue weighted by molar-refractivity contribution is 7.17. The first-order valence-corrected chi connectivity index (χ1v) is 9.71. The SMILES string of the molecule is COCCOc1ccc(C(=O)Nc2sc3c(c2C(=O)OC)CCCC3)cc1. The third-order valence-corrected chi connectivity index (χ3v) is 5.67. The number of rotatable bonds is 7. The van der Waals surface area contributed by atoms with Crippen LogP contribution >= 0.6 is 11.3 Å². The first-order valence-electron chi connectivity index (χ1n) is 8.90. The number of esters is 1. The van der Waals surface area contributed by atoms with Gasteiger partial charge in [0, 0.05) is 17.6 Å². The van der Waals surface area contributed by atoms with Crippen LogP contribution in [-0.2, 0) is 22.3 Å². The number of aryl methyl sites for hydroxylation is 1. The Balaban J connectivity index is 1.76. The van der Waals surface area contributed by atoms with Crippen molar-refractivity contribution in [3.63, 3.8) is 0 Å². The summed E-state index contributed by atoms with van der Waals surface area (Å²) in [5.41, 5.74) is 2.02. The molecule has 0 saturated heterocycles. The van der Waals surface area contributed by atoms with Crippen LogP contribution in [0.5, 0.6) is 5.75 Å². The quantitative estimate of drug-likeness (QED) is 0.577. The predicted molar refractivity (Wildman–Crippen MR) is 104 cm³/mol. The molecule has 1 aromatic heterocycles. The number of carbonyl (C=O) groups is 2. The molecule has 1 amide bonds. The Kier molecular flexibility index (Phi) is 6.47. The summed E-state index contributed by atoms with van der Waals surface area (Å²) >= 11 is 1.47. The summed E-state index contributed by atoms with van der Waals surface area (Å²) in [6, 6.07) is 6.88. The van der Waals surface area contributed by atoms with Gasteiger partial charge in [0.1, 0.15) is 17.4 Å². The van der Waals surface area contributed by atoms with Gasteiger partial charge in [0.2, 0.25) is 0 Å². The molecule has 0 fully saturated rings. The number of benzene rings is 1. The fourth-order valence-corrected chi connectivity index (χ4v) is 4.37. The smallest absolute Gasteiger partial charge is 0.341 e. The van der Waals surface area contributed by atoms with Crippen LogP contribution in [0.1, 0.15) is 44.0 Å². The molecule has 27 heavy (non-hydrogen) atoms. The first-order chi connectivity index (χ1) is 13.1. The van der Waals surface area contributed by atoms with Crippen molar-refractivity contribution in [3.8, 4) is 5.75 Å². The average molecular weight is 389 g/mol. The second-order valence-electron chi connectivity index (χ2n) is 6.23. The third kappa shape index (κ3) is 4.48. The first kappa shape index (κ1) is 19.4. The van der Waals surface area contributed by atoms with E-state index in [1.165, 1.54) is 23.3 Å². The normalized spacial score (nSPS) is 13.0. The van der Waals surface area contributed by atoms with E-state index >= 15 is 0 Å². The van der Waals surface area contributed by atoms with Gasteiger partial charge in [-0.15, -0.1) is 11.3 Å². The molecule has 7 heteroatoms. The molecular formula is C20H23NO5S. The van der Waals surface area contributed by atoms with Crippen LogP contribution in [0, 0.1) is 0 Å². The van der Waals surface area contributed by atoms with Crippen molar-refractivity contribution in [3.05, 3.63) is 45.8 Å². The molecule has 2 aromatic rings. The maximum atomic E-state index is 12.6. The van der Waals surface area contributed by atoms with Crippen molar-refractivity contribution in [2.45, 2.75) is 25.7 Å². The lowest BCUT2D eigenvalue weighted by Gasteiger charge is -2.11. The van der Waals surface area contributed by atoms with E-state index in [1.807, 2.05) is 0 Å². The molecule has 144 valence electrons. The lowest BCUT2D eigenvalue weighted by atomic mass is 9.95. The molecule has 0 bridgehead atoms. The maximum absolute atomic E-state index is 12.6. The van der Waals surface area contributed by atoms with Gasteiger partial charge < -0.3 is 19.5 Å². The number of hydrogen-bond donors (Lipinski definition) is 1. The van der Waals surface area contributed by atoms with E-state index in [4.69, 9.17) is 14.2 Å². The van der Waals surface area contributed by atoms with Gasteiger partial charge >= 0.3 is 5.97 Å². The van der Waals surface area contributed by atoms with Crippen molar-refractivity contribution in [2.75, 3.05) is 32.8 Å². The van der Waals surface area contributed by atoms with E-state index in [2.05, 4.69) is 5.32 Å². The monoisotopic (exact) mass is 389 g/mol. The Bertz CT molecular complexity index is 813. The lowest BCUT2D eigenvalue weighted by molar-refractivity contribution is 0.0601. The van der Waals surface area contributed by atoms with Gasteiger partial charge in [0.15, 0.2) is 0 Å². The second-order valence-corrected chi connectivity index (χ2v) is 7.33. The van der Waals surface area contributed by atoms with E-state index < -0.39 is 5.97 Å². The van der Waals surface area contributed by atoms with Crippen molar-refractivity contribution >= 4 is 28.2 Å². The molecule has 0 unspecified atom stereocenters. The van der Waals surface area contributed by atoms with Gasteiger partial charge in [-0.05, 0) is 55.5 Å². The summed E-state index contributed by atoms with van der Waals surface area (Å²) in [4.78, 5) is 26.1. The summed E-state index contributed by atoms with van der Waals surface area (Å²) in [7, 11) is 2.98.